The summed E-state index contributed by atoms with van der Waals surface area (Å²) in [6.07, 6.45) is 1.53. The summed E-state index contributed by atoms with van der Waals surface area (Å²) in [5, 5.41) is 17.1. The first-order chi connectivity index (χ1) is 17.1. The van der Waals surface area contributed by atoms with Gasteiger partial charge in [0.1, 0.15) is 0 Å². The molecule has 2 unspecified atom stereocenters. The molecule has 4 aromatic rings. The summed E-state index contributed by atoms with van der Waals surface area (Å²) in [7, 11) is 0. The van der Waals surface area contributed by atoms with Gasteiger partial charge in [-0.3, -0.25) is 4.98 Å². The molecule has 37 heavy (non-hydrogen) atoms. The zero-order valence-corrected chi connectivity index (χ0v) is 24.7. The number of fused-ring (bicyclic) bond motifs is 3. The van der Waals surface area contributed by atoms with Crippen molar-refractivity contribution >= 4 is 0 Å². The summed E-state index contributed by atoms with van der Waals surface area (Å²) >= 11 is 0. The molecule has 2 N–H and O–H groups in total. The SMILES string of the molecule is CC(O)CC(C)O.Cc1cnc(-c2[c-]cc(-c3ccc4c(c3)-c3ccccc3C4(C)C)cc2)c(C)n1.[Ir]. The van der Waals surface area contributed by atoms with Gasteiger partial charge in [-0.1, -0.05) is 67.4 Å². The van der Waals surface area contributed by atoms with E-state index in [2.05, 4.69) is 90.5 Å². The van der Waals surface area contributed by atoms with Gasteiger partial charge in [0, 0.05) is 43.1 Å². The van der Waals surface area contributed by atoms with Gasteiger partial charge in [0.15, 0.2) is 0 Å². The minimum absolute atomic E-state index is 0. The van der Waals surface area contributed by atoms with E-state index in [4.69, 9.17) is 10.2 Å². The first-order valence-corrected chi connectivity index (χ1v) is 12.5. The van der Waals surface area contributed by atoms with Gasteiger partial charge in [-0.2, -0.15) is 0 Å². The van der Waals surface area contributed by atoms with Crippen LogP contribution in [0.4, 0.5) is 0 Å². The van der Waals surface area contributed by atoms with E-state index in [0.29, 0.717) is 6.42 Å². The van der Waals surface area contributed by atoms with Crippen molar-refractivity contribution < 1.29 is 30.3 Å². The quantitative estimate of drug-likeness (QED) is 0.238. The largest absolute Gasteiger partial charge is 0.393 e. The summed E-state index contributed by atoms with van der Waals surface area (Å²) in [6.45, 7) is 11.9. The molecule has 2 atom stereocenters. The fourth-order valence-corrected chi connectivity index (χ4v) is 5.01. The number of aryl methyl sites for hydroxylation is 2. The van der Waals surface area contributed by atoms with E-state index >= 15 is 0 Å². The molecule has 1 aliphatic rings. The molecule has 1 heterocycles. The van der Waals surface area contributed by atoms with Crippen LogP contribution in [-0.2, 0) is 25.5 Å². The van der Waals surface area contributed by atoms with Crippen LogP contribution in [0.3, 0.4) is 0 Å². The summed E-state index contributed by atoms with van der Waals surface area (Å²) in [5.74, 6) is 0. The van der Waals surface area contributed by atoms with Crippen molar-refractivity contribution in [2.45, 2.75) is 65.6 Å². The number of aliphatic hydroxyl groups is 2. The number of aromatic nitrogens is 2. The topological polar surface area (TPSA) is 66.2 Å². The number of benzene rings is 3. The van der Waals surface area contributed by atoms with E-state index in [-0.39, 0.29) is 37.7 Å². The van der Waals surface area contributed by atoms with Crippen LogP contribution in [0.2, 0.25) is 0 Å². The number of nitrogens with zero attached hydrogens (tertiary/aromatic N) is 2. The van der Waals surface area contributed by atoms with Crippen molar-refractivity contribution in [2.75, 3.05) is 0 Å². The number of aliphatic hydroxyl groups excluding tert-OH is 2. The van der Waals surface area contributed by atoms with Crippen molar-refractivity contribution in [1.29, 1.82) is 0 Å². The van der Waals surface area contributed by atoms with Gasteiger partial charge in [0.25, 0.3) is 0 Å². The molecule has 4 nitrogen and oxygen atoms in total. The Labute approximate surface area is 234 Å². The smallest absolute Gasteiger partial charge is 0.0539 e. The van der Waals surface area contributed by atoms with Crippen LogP contribution < -0.4 is 0 Å². The Bertz CT molecular complexity index is 1360. The van der Waals surface area contributed by atoms with Crippen molar-refractivity contribution in [1.82, 2.24) is 9.97 Å². The van der Waals surface area contributed by atoms with Gasteiger partial charge in [0.2, 0.25) is 0 Å². The molecule has 5 heteroatoms. The van der Waals surface area contributed by atoms with Crippen LogP contribution in [0.5, 0.6) is 0 Å². The Hall–Kier alpha value is -2.69. The van der Waals surface area contributed by atoms with Gasteiger partial charge < -0.3 is 15.2 Å². The second-order valence-corrected chi connectivity index (χ2v) is 10.3. The van der Waals surface area contributed by atoms with Gasteiger partial charge in [-0.25, -0.2) is 0 Å². The summed E-state index contributed by atoms with van der Waals surface area (Å²) in [5.41, 5.74) is 11.7. The predicted octanol–water partition coefficient (Wildman–Crippen LogP) is 6.67. The minimum Gasteiger partial charge on any atom is -0.393 e. The third kappa shape index (κ3) is 6.24. The Kier molecular flexibility index (Phi) is 9.20. The summed E-state index contributed by atoms with van der Waals surface area (Å²) in [6, 6.07) is 25.3. The van der Waals surface area contributed by atoms with Crippen LogP contribution in [0.15, 0.2) is 66.9 Å². The molecule has 0 aliphatic heterocycles. The Morgan fingerprint density at radius 1 is 0.865 bits per heavy atom. The first-order valence-electron chi connectivity index (χ1n) is 12.5. The van der Waals surface area contributed by atoms with Crippen molar-refractivity contribution in [3.05, 3.63) is 95.4 Å². The average molecular weight is 672 g/mol. The molecule has 0 bridgehead atoms. The third-order valence-electron chi connectivity index (χ3n) is 6.73. The molecule has 1 radical (unpaired) electrons. The van der Waals surface area contributed by atoms with E-state index in [9.17, 15) is 0 Å². The number of rotatable bonds is 4. The fraction of sp³-hybridized carbons (Fsp3) is 0.312. The Morgan fingerprint density at radius 2 is 1.51 bits per heavy atom. The molecule has 195 valence electrons. The van der Waals surface area contributed by atoms with Crippen molar-refractivity contribution in [3.8, 4) is 33.5 Å². The van der Waals surface area contributed by atoms with E-state index in [0.717, 1.165) is 28.2 Å². The second-order valence-electron chi connectivity index (χ2n) is 10.3. The summed E-state index contributed by atoms with van der Waals surface area (Å²) < 4.78 is 0. The molecule has 0 spiro atoms. The van der Waals surface area contributed by atoms with Crippen LogP contribution in [-0.4, -0.2) is 32.4 Å². The van der Waals surface area contributed by atoms with Gasteiger partial charge in [-0.15, -0.1) is 29.8 Å². The van der Waals surface area contributed by atoms with Gasteiger partial charge in [0.05, 0.1) is 17.9 Å². The zero-order valence-electron chi connectivity index (χ0n) is 22.3. The van der Waals surface area contributed by atoms with E-state index in [1.54, 1.807) is 13.8 Å². The third-order valence-corrected chi connectivity index (χ3v) is 6.73. The molecule has 0 amide bonds. The van der Waals surface area contributed by atoms with Crippen molar-refractivity contribution in [3.63, 3.8) is 0 Å². The molecular formula is C32H35IrN2O2-. The van der Waals surface area contributed by atoms with Crippen LogP contribution in [0.25, 0.3) is 33.5 Å². The number of hydrogen-bond acceptors (Lipinski definition) is 4. The van der Waals surface area contributed by atoms with E-state index < -0.39 is 0 Å². The maximum absolute atomic E-state index is 8.56. The molecule has 3 aromatic carbocycles. The molecular weight excluding hydrogens is 637 g/mol. The maximum atomic E-state index is 8.56. The average Bonchev–Trinajstić information content (AvgIpc) is 3.06. The van der Waals surface area contributed by atoms with Crippen LogP contribution >= 0.6 is 0 Å². The Morgan fingerprint density at radius 3 is 2.11 bits per heavy atom. The van der Waals surface area contributed by atoms with Crippen molar-refractivity contribution in [2.24, 2.45) is 0 Å². The van der Waals surface area contributed by atoms with E-state index in [1.165, 1.54) is 27.8 Å². The fourth-order valence-electron chi connectivity index (χ4n) is 5.01. The normalized spacial score (nSPS) is 14.4. The minimum atomic E-state index is -0.375. The molecule has 0 saturated heterocycles. The molecule has 5 rings (SSSR count). The molecule has 0 fully saturated rings. The van der Waals surface area contributed by atoms with Crippen LogP contribution in [0, 0.1) is 19.9 Å². The second kappa shape index (κ2) is 11.8. The Balaban J connectivity index is 0.000000422. The molecule has 1 aliphatic carbocycles. The van der Waals surface area contributed by atoms with Gasteiger partial charge >= 0.3 is 0 Å². The number of hydrogen-bond donors (Lipinski definition) is 2. The molecule has 1 aromatic heterocycles. The van der Waals surface area contributed by atoms with Gasteiger partial charge in [-0.05, 0) is 56.4 Å². The first kappa shape index (κ1) is 28.9. The zero-order chi connectivity index (χ0) is 26.0. The maximum Gasteiger partial charge on any atom is 0.0539 e. The molecule has 0 saturated carbocycles. The van der Waals surface area contributed by atoms with E-state index in [1.807, 2.05) is 20.0 Å². The van der Waals surface area contributed by atoms with Crippen LogP contribution in [0.1, 0.15) is 56.6 Å². The monoisotopic (exact) mass is 672 g/mol. The summed E-state index contributed by atoms with van der Waals surface area (Å²) in [4.78, 5) is 9.07. The predicted molar refractivity (Wildman–Crippen MR) is 147 cm³/mol. The standard InChI is InChI=1S/C27H23N2.C5H12O2.Ir/c1-17-16-28-26(18(2)29-17)20-11-9-19(10-12-20)21-13-14-25-23(15-21)22-7-5-6-8-24(22)27(25,3)4;1-4(6)3-5(2)7;/h5-11,13-16H,1-4H3;4-7H,3H2,1-2H3;/q-1;;.